The SMILES string of the molecule is COc1ccc2scc(C#N)c2c1. The molecule has 1 aromatic carbocycles. The monoisotopic (exact) mass is 189 g/mol. The molecule has 0 N–H and O–H groups in total. The molecule has 0 bridgehead atoms. The Labute approximate surface area is 80.0 Å². The molecule has 0 saturated heterocycles. The molecule has 0 fully saturated rings. The molecular formula is C10H7NOS. The van der Waals surface area contributed by atoms with Crippen molar-refractivity contribution in [3.63, 3.8) is 0 Å². The topological polar surface area (TPSA) is 33.0 Å². The molecule has 0 unspecified atom stereocenters. The summed E-state index contributed by atoms with van der Waals surface area (Å²) in [7, 11) is 1.62. The molecule has 0 aliphatic carbocycles. The number of fused-ring (bicyclic) bond motifs is 1. The summed E-state index contributed by atoms with van der Waals surface area (Å²) in [5.74, 6) is 0.794. The zero-order valence-corrected chi connectivity index (χ0v) is 7.89. The maximum absolute atomic E-state index is 8.80. The first-order chi connectivity index (χ1) is 6.35. The van der Waals surface area contributed by atoms with E-state index in [4.69, 9.17) is 10.00 Å². The number of nitrogens with zero attached hydrogens (tertiary/aromatic N) is 1. The number of hydrogen-bond acceptors (Lipinski definition) is 3. The van der Waals surface area contributed by atoms with Gasteiger partial charge < -0.3 is 4.74 Å². The van der Waals surface area contributed by atoms with Crippen LogP contribution in [-0.2, 0) is 0 Å². The smallest absolute Gasteiger partial charge is 0.119 e. The van der Waals surface area contributed by atoms with Gasteiger partial charge in [0.1, 0.15) is 11.8 Å². The standard InChI is InChI=1S/C10H7NOS/c1-12-8-2-3-10-9(4-8)7(5-11)6-13-10/h2-4,6H,1H3. The summed E-state index contributed by atoms with van der Waals surface area (Å²) in [6.45, 7) is 0. The first kappa shape index (κ1) is 8.09. The van der Waals surface area contributed by atoms with Crippen LogP contribution in [0.1, 0.15) is 5.56 Å². The number of nitriles is 1. The molecule has 0 spiro atoms. The van der Waals surface area contributed by atoms with Gasteiger partial charge in [0.2, 0.25) is 0 Å². The second-order valence-corrected chi connectivity index (χ2v) is 3.53. The maximum atomic E-state index is 8.80. The Balaban J connectivity index is 2.73. The molecule has 0 aliphatic rings. The molecule has 1 aromatic heterocycles. The van der Waals surface area contributed by atoms with E-state index in [1.54, 1.807) is 18.4 Å². The Kier molecular flexibility index (Phi) is 1.91. The van der Waals surface area contributed by atoms with Gasteiger partial charge in [-0.2, -0.15) is 5.26 Å². The molecule has 2 nitrogen and oxygen atoms in total. The van der Waals surface area contributed by atoms with Crippen LogP contribution in [0.4, 0.5) is 0 Å². The number of ether oxygens (including phenoxy) is 1. The Morgan fingerprint density at radius 3 is 3.00 bits per heavy atom. The van der Waals surface area contributed by atoms with Gasteiger partial charge in [0.05, 0.1) is 12.7 Å². The van der Waals surface area contributed by atoms with E-state index < -0.39 is 0 Å². The van der Waals surface area contributed by atoms with Crippen LogP contribution in [0.5, 0.6) is 5.75 Å². The summed E-state index contributed by atoms with van der Waals surface area (Å²) >= 11 is 1.58. The van der Waals surface area contributed by atoms with Crippen LogP contribution in [0.2, 0.25) is 0 Å². The largest absolute Gasteiger partial charge is 0.497 e. The van der Waals surface area contributed by atoms with Crippen LogP contribution in [0, 0.1) is 11.3 Å². The first-order valence-corrected chi connectivity index (χ1v) is 4.68. The van der Waals surface area contributed by atoms with Crippen LogP contribution in [0.15, 0.2) is 23.6 Å². The number of thiophene rings is 1. The van der Waals surface area contributed by atoms with Crippen LogP contribution >= 0.6 is 11.3 Å². The predicted octanol–water partition coefficient (Wildman–Crippen LogP) is 2.78. The van der Waals surface area contributed by atoms with E-state index in [2.05, 4.69) is 6.07 Å². The molecule has 3 heteroatoms. The van der Waals surface area contributed by atoms with Crippen molar-refractivity contribution in [2.75, 3.05) is 7.11 Å². The fraction of sp³-hybridized carbons (Fsp3) is 0.100. The van der Waals surface area contributed by atoms with E-state index in [-0.39, 0.29) is 0 Å². The van der Waals surface area contributed by atoms with Gasteiger partial charge in [-0.15, -0.1) is 11.3 Å². The highest BCUT2D eigenvalue weighted by Crippen LogP contribution is 2.28. The fourth-order valence-electron chi connectivity index (χ4n) is 1.22. The van der Waals surface area contributed by atoms with Crippen molar-refractivity contribution in [1.29, 1.82) is 5.26 Å². The van der Waals surface area contributed by atoms with E-state index >= 15 is 0 Å². The molecule has 2 rings (SSSR count). The lowest BCUT2D eigenvalue weighted by molar-refractivity contribution is 0.415. The van der Waals surface area contributed by atoms with Crippen molar-refractivity contribution in [2.24, 2.45) is 0 Å². The lowest BCUT2D eigenvalue weighted by Gasteiger charge is -1.98. The second kappa shape index (κ2) is 3.08. The summed E-state index contributed by atoms with van der Waals surface area (Å²) in [6, 6.07) is 7.92. The van der Waals surface area contributed by atoms with E-state index in [1.807, 2.05) is 23.6 Å². The molecule has 0 atom stereocenters. The van der Waals surface area contributed by atoms with Crippen molar-refractivity contribution >= 4 is 21.4 Å². The van der Waals surface area contributed by atoms with E-state index in [0.717, 1.165) is 21.4 Å². The number of methoxy groups -OCH3 is 1. The highest BCUT2D eigenvalue weighted by molar-refractivity contribution is 7.17. The normalized spacial score (nSPS) is 9.85. The minimum absolute atomic E-state index is 0.721. The van der Waals surface area contributed by atoms with E-state index in [1.165, 1.54) is 0 Å². The van der Waals surface area contributed by atoms with Gasteiger partial charge in [-0.25, -0.2) is 0 Å². The highest BCUT2D eigenvalue weighted by atomic mass is 32.1. The third-order valence-electron chi connectivity index (χ3n) is 1.90. The second-order valence-electron chi connectivity index (χ2n) is 2.62. The number of hydrogen-bond donors (Lipinski definition) is 0. The minimum Gasteiger partial charge on any atom is -0.497 e. The lowest BCUT2D eigenvalue weighted by Crippen LogP contribution is -1.81. The molecule has 0 saturated carbocycles. The van der Waals surface area contributed by atoms with Gasteiger partial charge in [-0.1, -0.05) is 0 Å². The van der Waals surface area contributed by atoms with Crippen molar-refractivity contribution in [2.45, 2.75) is 0 Å². The Morgan fingerprint density at radius 1 is 1.46 bits per heavy atom. The summed E-state index contributed by atoms with van der Waals surface area (Å²) in [5.41, 5.74) is 0.721. The number of rotatable bonds is 1. The van der Waals surface area contributed by atoms with Gasteiger partial charge in [-0.3, -0.25) is 0 Å². The average Bonchev–Trinajstić information content (AvgIpc) is 2.59. The van der Waals surface area contributed by atoms with Gasteiger partial charge in [0.15, 0.2) is 0 Å². The highest BCUT2D eigenvalue weighted by Gasteiger charge is 2.03. The molecule has 2 aromatic rings. The third kappa shape index (κ3) is 1.25. The van der Waals surface area contributed by atoms with Crippen molar-refractivity contribution in [3.8, 4) is 11.8 Å². The minimum atomic E-state index is 0.721. The van der Waals surface area contributed by atoms with Crippen molar-refractivity contribution in [3.05, 3.63) is 29.1 Å². The molecule has 0 aliphatic heterocycles. The van der Waals surface area contributed by atoms with Crippen LogP contribution < -0.4 is 4.74 Å². The molecule has 13 heavy (non-hydrogen) atoms. The zero-order chi connectivity index (χ0) is 9.26. The van der Waals surface area contributed by atoms with E-state index in [0.29, 0.717) is 0 Å². The zero-order valence-electron chi connectivity index (χ0n) is 7.07. The van der Waals surface area contributed by atoms with Crippen LogP contribution in [-0.4, -0.2) is 7.11 Å². The summed E-state index contributed by atoms with van der Waals surface area (Å²) in [6.07, 6.45) is 0. The quantitative estimate of drug-likeness (QED) is 0.691. The molecule has 64 valence electrons. The Hall–Kier alpha value is -1.53. The van der Waals surface area contributed by atoms with Gasteiger partial charge in [0.25, 0.3) is 0 Å². The predicted molar refractivity (Wildman–Crippen MR) is 53.1 cm³/mol. The molecule has 1 heterocycles. The first-order valence-electron chi connectivity index (χ1n) is 3.80. The van der Waals surface area contributed by atoms with Crippen LogP contribution in [0.25, 0.3) is 10.1 Å². The summed E-state index contributed by atoms with van der Waals surface area (Å²) in [4.78, 5) is 0. The Bertz CT molecular complexity index is 481. The molecule has 0 amide bonds. The third-order valence-corrected chi connectivity index (χ3v) is 2.86. The van der Waals surface area contributed by atoms with Gasteiger partial charge >= 0.3 is 0 Å². The molecule has 0 radical (unpaired) electrons. The summed E-state index contributed by atoms with van der Waals surface area (Å²) in [5, 5.41) is 11.6. The lowest BCUT2D eigenvalue weighted by atomic mass is 10.2. The average molecular weight is 189 g/mol. The van der Waals surface area contributed by atoms with Crippen molar-refractivity contribution in [1.82, 2.24) is 0 Å². The van der Waals surface area contributed by atoms with Crippen LogP contribution in [0.3, 0.4) is 0 Å². The van der Waals surface area contributed by atoms with E-state index in [9.17, 15) is 0 Å². The fourth-order valence-corrected chi connectivity index (χ4v) is 2.09. The van der Waals surface area contributed by atoms with Gasteiger partial charge in [0, 0.05) is 15.5 Å². The Morgan fingerprint density at radius 2 is 2.31 bits per heavy atom. The van der Waals surface area contributed by atoms with Gasteiger partial charge in [-0.05, 0) is 18.2 Å². The summed E-state index contributed by atoms with van der Waals surface area (Å²) < 4.78 is 6.21. The van der Waals surface area contributed by atoms with Crippen molar-refractivity contribution < 1.29 is 4.74 Å². The maximum Gasteiger partial charge on any atom is 0.119 e. The number of benzene rings is 1. The molecular weight excluding hydrogens is 182 g/mol.